The number of hydrogen-bond donors (Lipinski definition) is 1. The second kappa shape index (κ2) is 11.9. The smallest absolute Gasteiger partial charge is 0.358 e. The van der Waals surface area contributed by atoms with Gasteiger partial charge in [0.05, 0.1) is 0 Å². The summed E-state index contributed by atoms with van der Waals surface area (Å²) >= 11 is 0. The van der Waals surface area contributed by atoms with Crippen LogP contribution in [0.1, 0.15) is 22.6 Å². The number of aryl methyl sites for hydroxylation is 1. The Morgan fingerprint density at radius 2 is 1.41 bits per heavy atom. The Bertz CT molecular complexity index is 1560. The molecule has 7 heteroatoms. The third-order valence-corrected chi connectivity index (χ3v) is 6.07. The van der Waals surface area contributed by atoms with Crippen molar-refractivity contribution in [2.45, 2.75) is 20.1 Å². The number of rotatable bonds is 10. The molecule has 0 bridgehead atoms. The molecule has 0 saturated carbocycles. The number of carboxylic acid groups (broad SMARTS) is 1. The molecule has 0 aliphatic heterocycles. The molecule has 1 aromatic heterocycles. The fourth-order valence-corrected chi connectivity index (χ4v) is 3.94. The number of hydrogen-bond acceptors (Lipinski definition) is 6. The monoisotopic (exact) mass is 518 g/mol. The molecule has 7 nitrogen and oxygen atoms in total. The van der Waals surface area contributed by atoms with Crippen LogP contribution in [-0.4, -0.2) is 21.8 Å². The number of carboxylic acids is 1. The van der Waals surface area contributed by atoms with Crippen LogP contribution in [0.25, 0.3) is 22.6 Å². The van der Waals surface area contributed by atoms with Gasteiger partial charge in [-0.05, 0) is 47.9 Å². The van der Waals surface area contributed by atoms with E-state index in [9.17, 15) is 9.90 Å². The maximum atomic E-state index is 11.8. The minimum atomic E-state index is -1.16. The van der Waals surface area contributed by atoms with E-state index in [1.807, 2.05) is 104 Å². The van der Waals surface area contributed by atoms with Gasteiger partial charge >= 0.3 is 5.97 Å². The molecule has 0 aliphatic carbocycles. The lowest BCUT2D eigenvalue weighted by atomic mass is 10.0. The highest BCUT2D eigenvalue weighted by Gasteiger charge is 2.14. The first-order valence-corrected chi connectivity index (χ1v) is 12.4. The third-order valence-electron chi connectivity index (χ3n) is 6.07. The van der Waals surface area contributed by atoms with Gasteiger partial charge in [-0.25, -0.2) is 9.78 Å². The van der Waals surface area contributed by atoms with E-state index in [1.54, 1.807) is 12.1 Å². The Labute approximate surface area is 226 Å². The first kappa shape index (κ1) is 25.5. The van der Waals surface area contributed by atoms with E-state index in [4.69, 9.17) is 14.0 Å². The van der Waals surface area contributed by atoms with E-state index in [0.29, 0.717) is 23.0 Å². The van der Waals surface area contributed by atoms with Crippen molar-refractivity contribution in [3.05, 3.63) is 132 Å². The zero-order valence-corrected chi connectivity index (χ0v) is 21.3. The highest BCUT2D eigenvalue weighted by atomic mass is 16.6. The fourth-order valence-electron chi connectivity index (χ4n) is 3.94. The second-order valence-electron chi connectivity index (χ2n) is 8.78. The highest BCUT2D eigenvalue weighted by Crippen LogP contribution is 2.23. The standard InChI is InChI=1S/C32H26N2O5/c1-22-29(33-31(39-22)27-10-6-3-7-11-27)21-37-28-18-12-23(13-19-28)20-38-34-30(32(35)36)26-16-14-25(15-17-26)24-8-4-2-5-9-24/h2-19H,20-21H2,1H3,(H,35,36)/b34-30+. The van der Waals surface area contributed by atoms with Gasteiger partial charge in [0.2, 0.25) is 5.89 Å². The molecule has 39 heavy (non-hydrogen) atoms. The average Bonchev–Trinajstić information content (AvgIpc) is 3.36. The molecule has 194 valence electrons. The Balaban J connectivity index is 1.17. The van der Waals surface area contributed by atoms with Crippen molar-refractivity contribution < 1.29 is 23.9 Å². The maximum Gasteiger partial charge on any atom is 0.358 e. The molecule has 0 unspecified atom stereocenters. The third kappa shape index (κ3) is 6.40. The van der Waals surface area contributed by atoms with Gasteiger partial charge in [-0.3, -0.25) is 0 Å². The molecule has 5 aromatic rings. The molecule has 1 heterocycles. The van der Waals surface area contributed by atoms with Crippen LogP contribution in [0.2, 0.25) is 0 Å². The molecule has 0 radical (unpaired) electrons. The minimum Gasteiger partial charge on any atom is -0.487 e. The topological polar surface area (TPSA) is 94.2 Å². The van der Waals surface area contributed by atoms with Gasteiger partial charge in [-0.1, -0.05) is 90.1 Å². The lowest BCUT2D eigenvalue weighted by molar-refractivity contribution is -0.129. The molecule has 1 N–H and O–H groups in total. The summed E-state index contributed by atoms with van der Waals surface area (Å²) in [5, 5.41) is 13.5. The van der Waals surface area contributed by atoms with E-state index in [2.05, 4.69) is 10.1 Å². The summed E-state index contributed by atoms with van der Waals surface area (Å²) in [5.41, 5.74) is 4.80. The largest absolute Gasteiger partial charge is 0.487 e. The maximum absolute atomic E-state index is 11.8. The number of carbonyl (C=O) groups is 1. The normalized spacial score (nSPS) is 11.3. The van der Waals surface area contributed by atoms with E-state index >= 15 is 0 Å². The van der Waals surface area contributed by atoms with Crippen LogP contribution in [-0.2, 0) is 22.8 Å². The molecule has 5 rings (SSSR count). The predicted molar refractivity (Wildman–Crippen MR) is 148 cm³/mol. The van der Waals surface area contributed by atoms with Crippen LogP contribution in [0.4, 0.5) is 0 Å². The van der Waals surface area contributed by atoms with Crippen molar-refractivity contribution in [2.24, 2.45) is 5.16 Å². The van der Waals surface area contributed by atoms with Crippen LogP contribution in [0.15, 0.2) is 119 Å². The number of nitrogens with zero attached hydrogens (tertiary/aromatic N) is 2. The van der Waals surface area contributed by atoms with Crippen LogP contribution in [0.5, 0.6) is 5.75 Å². The summed E-state index contributed by atoms with van der Waals surface area (Å²) in [4.78, 5) is 21.7. The van der Waals surface area contributed by atoms with E-state index in [0.717, 1.165) is 27.9 Å². The number of oxime groups is 1. The predicted octanol–water partition coefficient (Wildman–Crippen LogP) is 6.90. The van der Waals surface area contributed by atoms with E-state index in [-0.39, 0.29) is 18.9 Å². The molecule has 0 amide bonds. The Kier molecular flexibility index (Phi) is 7.79. The second-order valence-corrected chi connectivity index (χ2v) is 8.78. The van der Waals surface area contributed by atoms with Crippen LogP contribution in [0, 0.1) is 6.92 Å². The fraction of sp³-hybridized carbons (Fsp3) is 0.0938. The zero-order chi connectivity index (χ0) is 27.0. The van der Waals surface area contributed by atoms with E-state index in [1.165, 1.54) is 0 Å². The molecule has 0 spiro atoms. The van der Waals surface area contributed by atoms with Crippen molar-refractivity contribution in [3.8, 4) is 28.3 Å². The van der Waals surface area contributed by atoms with Crippen LogP contribution < -0.4 is 4.74 Å². The molecular weight excluding hydrogens is 492 g/mol. The lowest BCUT2D eigenvalue weighted by Gasteiger charge is -2.07. The van der Waals surface area contributed by atoms with Gasteiger partial charge in [0.25, 0.3) is 0 Å². The molecule has 0 saturated heterocycles. The van der Waals surface area contributed by atoms with E-state index < -0.39 is 5.97 Å². The van der Waals surface area contributed by atoms with Crippen molar-refractivity contribution in [3.63, 3.8) is 0 Å². The SMILES string of the molecule is Cc1oc(-c2ccccc2)nc1COc1ccc(CO/N=C(/C(=O)O)c2ccc(-c3ccccc3)cc2)cc1. The highest BCUT2D eigenvalue weighted by molar-refractivity contribution is 6.42. The van der Waals surface area contributed by atoms with Gasteiger partial charge in [0.1, 0.15) is 30.4 Å². The first-order chi connectivity index (χ1) is 19.1. The summed E-state index contributed by atoms with van der Waals surface area (Å²) in [5.74, 6) is 0.772. The van der Waals surface area contributed by atoms with Gasteiger partial charge < -0.3 is 19.1 Å². The lowest BCUT2D eigenvalue weighted by Crippen LogP contribution is -2.15. The number of aliphatic carboxylic acids is 1. The molecule has 4 aromatic carbocycles. The zero-order valence-electron chi connectivity index (χ0n) is 21.3. The summed E-state index contributed by atoms with van der Waals surface area (Å²) in [6.45, 7) is 2.25. The van der Waals surface area contributed by atoms with Crippen molar-refractivity contribution >= 4 is 11.7 Å². The number of ether oxygens (including phenoxy) is 1. The van der Waals surface area contributed by atoms with Gasteiger partial charge in [0.15, 0.2) is 5.71 Å². The summed E-state index contributed by atoms with van der Waals surface area (Å²) in [7, 11) is 0. The van der Waals surface area contributed by atoms with Crippen molar-refractivity contribution in [2.75, 3.05) is 0 Å². The van der Waals surface area contributed by atoms with Gasteiger partial charge in [0, 0.05) is 11.1 Å². The number of oxazole rings is 1. The van der Waals surface area contributed by atoms with Crippen LogP contribution in [0.3, 0.4) is 0 Å². The quantitative estimate of drug-likeness (QED) is 0.160. The van der Waals surface area contributed by atoms with Crippen molar-refractivity contribution in [1.29, 1.82) is 0 Å². The van der Waals surface area contributed by atoms with Gasteiger partial charge in [-0.15, -0.1) is 0 Å². The molecule has 0 fully saturated rings. The summed E-state index contributed by atoms with van der Waals surface area (Å²) in [6.07, 6.45) is 0. The van der Waals surface area contributed by atoms with Crippen molar-refractivity contribution in [1.82, 2.24) is 4.98 Å². The molecular formula is C32H26N2O5. The van der Waals surface area contributed by atoms with Gasteiger partial charge in [-0.2, -0.15) is 0 Å². The minimum absolute atomic E-state index is 0.113. The summed E-state index contributed by atoms with van der Waals surface area (Å²) < 4.78 is 11.7. The Morgan fingerprint density at radius 3 is 2.05 bits per heavy atom. The van der Waals surface area contributed by atoms with Crippen LogP contribution >= 0.6 is 0 Å². The summed E-state index contributed by atoms with van der Waals surface area (Å²) in [6, 6.07) is 34.1. The number of aromatic nitrogens is 1. The Morgan fingerprint density at radius 1 is 0.795 bits per heavy atom. The molecule has 0 atom stereocenters. The molecule has 0 aliphatic rings. The Hall–Kier alpha value is -5.17. The average molecular weight is 519 g/mol. The number of benzene rings is 4. The first-order valence-electron chi connectivity index (χ1n) is 12.4.